The third kappa shape index (κ3) is 6.67. The molecule has 0 bridgehead atoms. The van der Waals surface area contributed by atoms with Crippen molar-refractivity contribution >= 4 is 0 Å². The summed E-state index contributed by atoms with van der Waals surface area (Å²) in [6, 6.07) is 10.5. The molecule has 1 heteroatoms. The molecule has 1 aromatic rings. The van der Waals surface area contributed by atoms with E-state index in [1.807, 2.05) is 19.9 Å². The molecule has 1 aromatic carbocycles. The van der Waals surface area contributed by atoms with Crippen molar-refractivity contribution in [1.29, 1.82) is 0 Å². The first-order chi connectivity index (χ1) is 6.79. The van der Waals surface area contributed by atoms with Crippen LogP contribution in [0.2, 0.25) is 0 Å². The van der Waals surface area contributed by atoms with E-state index in [4.69, 9.17) is 0 Å². The number of hydrogen-bond acceptors (Lipinski definition) is 1. The zero-order valence-corrected chi connectivity index (χ0v) is 9.88. The van der Waals surface area contributed by atoms with E-state index in [1.165, 1.54) is 5.56 Å². The van der Waals surface area contributed by atoms with Crippen LogP contribution >= 0.6 is 0 Å². The Morgan fingerprint density at radius 1 is 1.07 bits per heavy atom. The fourth-order valence-electron chi connectivity index (χ4n) is 1.10. The molecule has 0 radical (unpaired) electrons. The van der Waals surface area contributed by atoms with E-state index in [-0.39, 0.29) is 0 Å². The van der Waals surface area contributed by atoms with Gasteiger partial charge in [0, 0.05) is 6.54 Å². The molecule has 1 rings (SSSR count). The first-order valence-corrected chi connectivity index (χ1v) is 5.53. The smallest absolute Gasteiger partial charge is 0.0205 e. The van der Waals surface area contributed by atoms with Crippen LogP contribution in [-0.4, -0.2) is 6.54 Å². The van der Waals surface area contributed by atoms with E-state index < -0.39 is 0 Å². The van der Waals surface area contributed by atoms with Gasteiger partial charge in [-0.15, -0.1) is 0 Å². The lowest BCUT2D eigenvalue weighted by atomic mass is 10.2. The maximum Gasteiger partial charge on any atom is 0.0205 e. The molecule has 1 N–H and O–H groups in total. The van der Waals surface area contributed by atoms with Crippen LogP contribution in [0.3, 0.4) is 0 Å². The summed E-state index contributed by atoms with van der Waals surface area (Å²) >= 11 is 0. The highest BCUT2D eigenvalue weighted by molar-refractivity contribution is 5.14. The Morgan fingerprint density at radius 2 is 1.64 bits per heavy atom. The minimum absolute atomic E-state index is 0.730. The minimum atomic E-state index is 0.730. The third-order valence-corrected chi connectivity index (χ3v) is 1.72. The SMILES string of the molecule is CC.CC(C)CNCc1ccccc1. The summed E-state index contributed by atoms with van der Waals surface area (Å²) < 4.78 is 0. The molecule has 1 nitrogen and oxygen atoms in total. The molecule has 0 heterocycles. The van der Waals surface area contributed by atoms with Gasteiger partial charge in [0.15, 0.2) is 0 Å². The molecule has 0 atom stereocenters. The van der Waals surface area contributed by atoms with Gasteiger partial charge in [0.2, 0.25) is 0 Å². The van der Waals surface area contributed by atoms with Crippen LogP contribution in [0.1, 0.15) is 33.3 Å². The minimum Gasteiger partial charge on any atom is -0.312 e. The number of hydrogen-bond donors (Lipinski definition) is 1. The van der Waals surface area contributed by atoms with Crippen molar-refractivity contribution in [3.63, 3.8) is 0 Å². The van der Waals surface area contributed by atoms with Crippen LogP contribution in [0.25, 0.3) is 0 Å². The maximum atomic E-state index is 3.40. The average Bonchev–Trinajstić information content (AvgIpc) is 2.22. The van der Waals surface area contributed by atoms with E-state index in [0.29, 0.717) is 0 Å². The van der Waals surface area contributed by atoms with Crippen molar-refractivity contribution in [3.8, 4) is 0 Å². The van der Waals surface area contributed by atoms with Gasteiger partial charge >= 0.3 is 0 Å². The Morgan fingerprint density at radius 3 is 2.14 bits per heavy atom. The van der Waals surface area contributed by atoms with Gasteiger partial charge in [-0.1, -0.05) is 58.0 Å². The van der Waals surface area contributed by atoms with Crippen LogP contribution < -0.4 is 5.32 Å². The lowest BCUT2D eigenvalue weighted by Crippen LogP contribution is -2.18. The van der Waals surface area contributed by atoms with Crippen LogP contribution in [0.15, 0.2) is 30.3 Å². The second-order valence-corrected chi connectivity index (χ2v) is 3.51. The zero-order chi connectivity index (χ0) is 10.8. The van der Waals surface area contributed by atoms with E-state index in [1.54, 1.807) is 0 Å². The summed E-state index contributed by atoms with van der Waals surface area (Å²) in [6.45, 7) is 10.5. The van der Waals surface area contributed by atoms with Crippen molar-refractivity contribution in [3.05, 3.63) is 35.9 Å². The van der Waals surface area contributed by atoms with Crippen LogP contribution in [0.5, 0.6) is 0 Å². The standard InChI is InChI=1S/C11H17N.C2H6/c1-10(2)8-12-9-11-6-4-3-5-7-11;1-2/h3-7,10,12H,8-9H2,1-2H3;1-2H3. The lowest BCUT2D eigenvalue weighted by Gasteiger charge is -2.06. The zero-order valence-electron chi connectivity index (χ0n) is 9.88. The topological polar surface area (TPSA) is 12.0 Å². The molecular formula is C13H23N. The Bertz CT molecular complexity index is 204. The molecule has 0 aliphatic rings. The molecule has 14 heavy (non-hydrogen) atoms. The molecule has 0 unspecified atom stereocenters. The summed E-state index contributed by atoms with van der Waals surface area (Å²) in [5.74, 6) is 0.730. The summed E-state index contributed by atoms with van der Waals surface area (Å²) in [5, 5.41) is 3.40. The van der Waals surface area contributed by atoms with Gasteiger partial charge in [0.05, 0.1) is 0 Å². The van der Waals surface area contributed by atoms with Crippen molar-refractivity contribution in [2.45, 2.75) is 34.2 Å². The van der Waals surface area contributed by atoms with Crippen LogP contribution in [-0.2, 0) is 6.54 Å². The van der Waals surface area contributed by atoms with Gasteiger partial charge in [0.1, 0.15) is 0 Å². The van der Waals surface area contributed by atoms with Crippen LogP contribution in [0, 0.1) is 5.92 Å². The number of benzene rings is 1. The number of rotatable bonds is 4. The quantitative estimate of drug-likeness (QED) is 0.772. The largest absolute Gasteiger partial charge is 0.312 e. The first kappa shape index (κ1) is 13.2. The van der Waals surface area contributed by atoms with E-state index in [0.717, 1.165) is 19.0 Å². The molecule has 0 spiro atoms. The van der Waals surface area contributed by atoms with Gasteiger partial charge in [-0.3, -0.25) is 0 Å². The highest BCUT2D eigenvalue weighted by atomic mass is 14.8. The predicted octanol–water partition coefficient (Wildman–Crippen LogP) is 3.46. The highest BCUT2D eigenvalue weighted by Gasteiger charge is 1.93. The molecule has 0 amide bonds. The van der Waals surface area contributed by atoms with E-state index in [2.05, 4.69) is 43.4 Å². The molecule has 0 saturated carbocycles. The molecule has 0 saturated heterocycles. The molecule has 0 aliphatic heterocycles. The van der Waals surface area contributed by atoms with Crippen molar-refractivity contribution in [2.24, 2.45) is 5.92 Å². The van der Waals surface area contributed by atoms with Gasteiger partial charge in [-0.25, -0.2) is 0 Å². The molecule has 0 fully saturated rings. The van der Waals surface area contributed by atoms with Gasteiger partial charge < -0.3 is 5.32 Å². The second kappa shape index (κ2) is 8.76. The van der Waals surface area contributed by atoms with Crippen molar-refractivity contribution in [1.82, 2.24) is 5.32 Å². The van der Waals surface area contributed by atoms with Crippen molar-refractivity contribution in [2.75, 3.05) is 6.54 Å². The van der Waals surface area contributed by atoms with Crippen LogP contribution in [0.4, 0.5) is 0 Å². The average molecular weight is 193 g/mol. The molecular weight excluding hydrogens is 170 g/mol. The first-order valence-electron chi connectivity index (χ1n) is 5.53. The second-order valence-electron chi connectivity index (χ2n) is 3.51. The summed E-state index contributed by atoms with van der Waals surface area (Å²) in [6.07, 6.45) is 0. The fourth-order valence-corrected chi connectivity index (χ4v) is 1.10. The Balaban J connectivity index is 0.000000791. The number of nitrogens with one attached hydrogen (secondary N) is 1. The third-order valence-electron chi connectivity index (χ3n) is 1.72. The molecule has 0 aliphatic carbocycles. The maximum absolute atomic E-state index is 3.40. The molecule has 80 valence electrons. The molecule has 0 aromatic heterocycles. The van der Waals surface area contributed by atoms with Crippen molar-refractivity contribution < 1.29 is 0 Å². The van der Waals surface area contributed by atoms with E-state index >= 15 is 0 Å². The Labute approximate surface area is 88.5 Å². The van der Waals surface area contributed by atoms with Gasteiger partial charge in [-0.2, -0.15) is 0 Å². The summed E-state index contributed by atoms with van der Waals surface area (Å²) in [4.78, 5) is 0. The fraction of sp³-hybridized carbons (Fsp3) is 0.538. The summed E-state index contributed by atoms with van der Waals surface area (Å²) in [7, 11) is 0. The Kier molecular flexibility index (Phi) is 8.25. The predicted molar refractivity (Wildman–Crippen MR) is 64.3 cm³/mol. The summed E-state index contributed by atoms with van der Waals surface area (Å²) in [5.41, 5.74) is 1.36. The monoisotopic (exact) mass is 193 g/mol. The highest BCUT2D eigenvalue weighted by Crippen LogP contribution is 1.97. The van der Waals surface area contributed by atoms with Gasteiger partial charge in [0.25, 0.3) is 0 Å². The normalized spacial score (nSPS) is 9.50. The van der Waals surface area contributed by atoms with Gasteiger partial charge in [-0.05, 0) is 18.0 Å². The lowest BCUT2D eigenvalue weighted by molar-refractivity contribution is 0.552. The Hall–Kier alpha value is -0.820. The van der Waals surface area contributed by atoms with E-state index in [9.17, 15) is 0 Å².